The predicted octanol–water partition coefficient (Wildman–Crippen LogP) is 13.4. The molecule has 12 aromatic heterocycles. The van der Waals surface area contributed by atoms with E-state index in [-0.39, 0.29) is 29.0 Å². The van der Waals surface area contributed by atoms with Crippen molar-refractivity contribution in [3.63, 3.8) is 0 Å². The summed E-state index contributed by atoms with van der Waals surface area (Å²) in [5, 5.41) is 56.6. The van der Waals surface area contributed by atoms with E-state index in [4.69, 9.17) is 47.4 Å². The normalized spacial score (nSPS) is 14.4. The quantitative estimate of drug-likeness (QED) is 0.0606. The molecular weight excluding hydrogens is 1740 g/mol. The molecule has 11 N–H and O–H groups in total. The van der Waals surface area contributed by atoms with Crippen LogP contribution < -0.4 is 96.4 Å². The maximum absolute atomic E-state index is 12.6. The summed E-state index contributed by atoms with van der Waals surface area (Å²) >= 11 is 0. The Morgan fingerprint density at radius 2 is 0.748 bits per heavy atom. The van der Waals surface area contributed by atoms with Gasteiger partial charge in [-0.15, -0.1) is 10.2 Å². The second-order valence-corrected chi connectivity index (χ2v) is 30.9. The van der Waals surface area contributed by atoms with Gasteiger partial charge in [0.05, 0.1) is 151 Å². The summed E-state index contributed by atoms with van der Waals surface area (Å²) in [6.07, 6.45) is 17.7. The van der Waals surface area contributed by atoms with E-state index in [1.165, 1.54) is 10.7 Å². The van der Waals surface area contributed by atoms with Gasteiger partial charge >= 0.3 is 0 Å². The molecule has 15 aromatic rings. The van der Waals surface area contributed by atoms with Crippen LogP contribution in [0.4, 0.5) is 86.4 Å². The lowest BCUT2D eigenvalue weighted by Crippen LogP contribution is -2.27. The number of pyridine rings is 2. The zero-order valence-corrected chi connectivity index (χ0v) is 75.9. The lowest BCUT2D eigenvalue weighted by molar-refractivity contribution is 0.0915. The van der Waals surface area contributed by atoms with Crippen molar-refractivity contribution in [1.82, 2.24) is 88.3 Å². The number of Topliss-reactive ketones (excluding diaryl/α,β-unsaturated/α-hetero) is 4. The monoisotopic (exact) mass is 1840 g/mol. The molecule has 135 heavy (non-hydrogen) atoms. The van der Waals surface area contributed by atoms with Crippen molar-refractivity contribution in [2.24, 2.45) is 0 Å². The number of nitrogens with one attached hydrogen (secondary N) is 11. The molecule has 1 amide bonds. The number of ether oxygens (including phenoxy) is 10. The second kappa shape index (κ2) is 42.6. The number of hydrogen-bond donors (Lipinski definition) is 11. The number of carbonyl (C=O) groups is 5. The van der Waals surface area contributed by atoms with Crippen LogP contribution in [0, 0.1) is 0 Å². The van der Waals surface area contributed by atoms with Crippen LogP contribution in [0.25, 0.3) is 28.2 Å². The number of methoxy groups -OCH3 is 5. The van der Waals surface area contributed by atoms with Crippen molar-refractivity contribution in [1.29, 1.82) is 0 Å². The minimum atomic E-state index is -0.246. The molecule has 17 heterocycles. The summed E-state index contributed by atoms with van der Waals surface area (Å²) in [6, 6.07) is 29.9. The Morgan fingerprint density at radius 3 is 1.24 bits per heavy atom. The fourth-order valence-corrected chi connectivity index (χ4v) is 15.2. The number of rotatable bonds is 10. The number of carbonyl (C=O) groups excluding carboxylic acids is 5. The van der Waals surface area contributed by atoms with Crippen molar-refractivity contribution in [3.05, 3.63) is 180 Å². The largest absolute Gasteiger partial charge is 0.495 e. The van der Waals surface area contributed by atoms with Crippen molar-refractivity contribution in [2.45, 2.75) is 83.8 Å². The molecule has 0 spiro atoms. The highest BCUT2D eigenvalue weighted by Gasteiger charge is 2.27. The number of imidazole rings is 2. The lowest BCUT2D eigenvalue weighted by Gasteiger charge is -2.15. The highest BCUT2D eigenvalue weighted by atomic mass is 16.5. The SMILES string of the molecule is CNc1cc2nc3c(cnn13)C(=O)CCCCOc1ccc(OC)c(c1)N2.CNc1cc2nc3c(cnn13)C(=O)CCCOCc1ccc(OC)c(c1)N2.CNc1cc2nc3c(cnn13)C(=O)CCCOCc1cnc(OC)c(c1)N2.CNc1cc2nn3c(cnc13)C(=O)CCCCOc1ccc(OC)c(c1)N2.CNc1cc2nn3c(cnc13)C(=O)NCCCOc1cnc(OC)c(c1)N2. The predicted molar refractivity (Wildman–Crippen MR) is 506 cm³/mol. The number of benzene rings is 3. The van der Waals surface area contributed by atoms with E-state index in [9.17, 15) is 24.0 Å². The van der Waals surface area contributed by atoms with Gasteiger partial charge in [-0.05, 0) is 98.5 Å². The number of ketones is 4. The third-order valence-corrected chi connectivity index (χ3v) is 22.0. The average molecular weight is 1840 g/mol. The summed E-state index contributed by atoms with van der Waals surface area (Å²) in [5.41, 5.74) is 12.0. The minimum Gasteiger partial charge on any atom is -0.495 e. The number of fused-ring (bicyclic) bond motifs is 15. The van der Waals surface area contributed by atoms with E-state index in [2.05, 4.69) is 119 Å². The van der Waals surface area contributed by atoms with Gasteiger partial charge in [-0.2, -0.15) is 28.8 Å². The van der Waals surface area contributed by atoms with E-state index in [1.807, 2.05) is 92.0 Å². The molecule has 43 heteroatoms. The smallest absolute Gasteiger partial charge is 0.271 e. The highest BCUT2D eigenvalue weighted by molar-refractivity contribution is 6.04. The van der Waals surface area contributed by atoms with E-state index < -0.39 is 0 Å². The summed E-state index contributed by atoms with van der Waals surface area (Å²) in [4.78, 5) is 94.1. The molecule has 5 aliphatic rings. The first-order valence-corrected chi connectivity index (χ1v) is 43.7. The van der Waals surface area contributed by atoms with Gasteiger partial charge in [-0.25, -0.2) is 43.9 Å². The van der Waals surface area contributed by atoms with Crippen molar-refractivity contribution >= 4 is 144 Å². The molecule has 0 saturated carbocycles. The van der Waals surface area contributed by atoms with E-state index in [1.54, 1.807) is 131 Å². The first kappa shape index (κ1) is 91.8. The molecule has 20 bridgehead atoms. The van der Waals surface area contributed by atoms with Crippen LogP contribution in [-0.4, -0.2) is 222 Å². The van der Waals surface area contributed by atoms with Gasteiger partial charge < -0.3 is 106 Å². The van der Waals surface area contributed by atoms with Crippen LogP contribution >= 0.6 is 0 Å². The molecule has 0 fully saturated rings. The maximum atomic E-state index is 12.6. The van der Waals surface area contributed by atoms with Crippen LogP contribution in [0.5, 0.6) is 46.3 Å². The number of amides is 1. The van der Waals surface area contributed by atoms with Gasteiger partial charge in [0, 0.05) is 135 Å². The molecule has 0 saturated heterocycles. The van der Waals surface area contributed by atoms with Crippen molar-refractivity contribution in [2.75, 3.05) is 164 Å². The van der Waals surface area contributed by atoms with Gasteiger partial charge in [0.15, 0.2) is 68.7 Å². The van der Waals surface area contributed by atoms with E-state index in [0.29, 0.717) is 235 Å². The summed E-state index contributed by atoms with van der Waals surface area (Å²) < 4.78 is 63.7. The molecule has 0 atom stereocenters. The second-order valence-electron chi connectivity index (χ2n) is 30.9. The molecule has 5 aliphatic heterocycles. The Labute approximate surface area is 772 Å². The molecule has 700 valence electrons. The fraction of sp³-hybridized carbons (Fsp3) is 0.315. The topological polar surface area (TPSA) is 487 Å². The maximum Gasteiger partial charge on any atom is 0.271 e. The number of aromatic nitrogens is 17. The van der Waals surface area contributed by atoms with Gasteiger partial charge in [-0.3, -0.25) is 24.0 Å². The van der Waals surface area contributed by atoms with Crippen LogP contribution in [0.15, 0.2) is 140 Å². The van der Waals surface area contributed by atoms with Gasteiger partial charge in [0.2, 0.25) is 11.8 Å². The summed E-state index contributed by atoms with van der Waals surface area (Å²) in [5.74, 6) is 9.71. The van der Waals surface area contributed by atoms with Gasteiger partial charge in [-0.1, -0.05) is 6.07 Å². The van der Waals surface area contributed by atoms with Gasteiger partial charge in [0.1, 0.15) is 86.5 Å². The molecular formula is C92H102N28O15. The Morgan fingerprint density at radius 1 is 0.341 bits per heavy atom. The fourth-order valence-electron chi connectivity index (χ4n) is 15.2. The van der Waals surface area contributed by atoms with Crippen LogP contribution in [-0.2, 0) is 22.7 Å². The molecule has 0 radical (unpaired) electrons. The number of anilines is 15. The van der Waals surface area contributed by atoms with Crippen LogP contribution in [0.1, 0.15) is 134 Å². The number of hydrogen-bond acceptors (Lipinski definition) is 37. The minimum absolute atomic E-state index is 0.00451. The molecule has 3 aromatic carbocycles. The molecule has 20 rings (SSSR count). The Bertz CT molecular complexity index is 5940. The molecule has 0 aliphatic carbocycles. The lowest BCUT2D eigenvalue weighted by atomic mass is 10.1. The summed E-state index contributed by atoms with van der Waals surface area (Å²) in [7, 11) is 16.9. The highest BCUT2D eigenvalue weighted by Crippen LogP contribution is 2.39. The first-order chi connectivity index (χ1) is 66.0. The van der Waals surface area contributed by atoms with Gasteiger partial charge in [0.25, 0.3) is 5.91 Å². The Balaban J connectivity index is 0.000000123. The van der Waals surface area contributed by atoms with E-state index in [0.717, 1.165) is 88.4 Å². The average Bonchev–Trinajstić information content (AvgIpc) is 1.65. The zero-order valence-electron chi connectivity index (χ0n) is 75.9. The number of nitrogens with zero attached hydrogens (tertiary/aromatic N) is 17. The van der Waals surface area contributed by atoms with Crippen LogP contribution in [0.2, 0.25) is 0 Å². The molecule has 43 nitrogen and oxygen atoms in total. The standard InChI is InChI=1S/3C19H21N5O3.C18H20N6O3.C17H19N7O3/c1-20-18-9-17-22-14-8-12(5-6-16(14)26-2)11-27-7-3-4-15(25)13-10-21-24(18)19(13)23-17;1-20-18-10-17-22-14-9-12(6-7-16(14)26-2)27-8-4-3-5-15(25)13-11-21-24(18)19(13)23-17;1-20-14-10-18-22-13-9-12(6-7-17(13)26-2)27-8-4-3-5-16(25)15-11-21-19(14)24(15)23-18;1-19-16-7-15-22-13-6-11(8-20-18(13)26-2)10-27-5-3-4-14(25)12-9-21-24(16)17(12)23-15;1-18-11-7-14-22-12-6-10(8-21-17(12)26-2)27-5-3-4-19-16(25)13-9-20-15(11)24(13)23-14/h5-6,8-10,20H,3-4,7,11H2,1-2H3,(H,22,23);2*6-7,9-11,20H,3-5,8H2,1-2H3,(H,22,23);6-9,19H,3-5,10H2,1-2H3,(H,22,23);6-9,18H,3-5H2,1-2H3,(H,19,25)(H,22,23). The molecule has 0 unspecified atom stereocenters. The van der Waals surface area contributed by atoms with Crippen molar-refractivity contribution in [3.8, 4) is 46.3 Å². The van der Waals surface area contributed by atoms with Crippen LogP contribution in [0.3, 0.4) is 0 Å². The van der Waals surface area contributed by atoms with Crippen molar-refractivity contribution < 1.29 is 71.3 Å². The third kappa shape index (κ3) is 21.0. The first-order valence-electron chi connectivity index (χ1n) is 43.7. The van der Waals surface area contributed by atoms with E-state index >= 15 is 0 Å². The Kier molecular flexibility index (Phi) is 29.0. The summed E-state index contributed by atoms with van der Waals surface area (Å²) in [6.45, 7) is 3.90. The Hall–Kier alpha value is -16.5. The third-order valence-electron chi connectivity index (χ3n) is 22.0. The zero-order chi connectivity index (χ0) is 94.0.